The number of carbonyl (C=O) groups is 1. The second-order valence-corrected chi connectivity index (χ2v) is 10.4. The quantitative estimate of drug-likeness (QED) is 0.111. The molecule has 0 saturated carbocycles. The fraction of sp³-hybridized carbons (Fsp3) is 0.303. The molecule has 3 aromatic carbocycles. The van der Waals surface area contributed by atoms with Crippen LogP contribution in [0.3, 0.4) is 0 Å². The molecule has 0 amide bonds. The zero-order chi connectivity index (χ0) is 29.2. The van der Waals surface area contributed by atoms with Crippen molar-refractivity contribution in [3.63, 3.8) is 0 Å². The number of nitrogens with one attached hydrogen (secondary N) is 1. The number of rotatable bonds is 13. The Morgan fingerprint density at radius 3 is 2.15 bits per heavy atom. The predicted molar refractivity (Wildman–Crippen MR) is 156 cm³/mol. The van der Waals surface area contributed by atoms with Crippen LogP contribution in [-0.2, 0) is 33.8 Å². The van der Waals surface area contributed by atoms with Crippen LogP contribution in [0.25, 0.3) is 0 Å². The summed E-state index contributed by atoms with van der Waals surface area (Å²) in [6, 6.07) is 22.1. The van der Waals surface area contributed by atoms with Gasteiger partial charge in [-0.1, -0.05) is 67.5 Å². The first-order valence-electron chi connectivity index (χ1n) is 13.6. The van der Waals surface area contributed by atoms with Crippen molar-refractivity contribution in [1.29, 1.82) is 0 Å². The minimum Gasteiger partial charge on any atom is -0.481 e. The lowest BCUT2D eigenvalue weighted by molar-refractivity contribution is -0.143. The monoisotopic (exact) mass is 557 g/mol. The highest BCUT2D eigenvalue weighted by Gasteiger charge is 2.24. The van der Waals surface area contributed by atoms with Crippen LogP contribution >= 0.6 is 0 Å². The Morgan fingerprint density at radius 1 is 0.902 bits per heavy atom. The van der Waals surface area contributed by atoms with Gasteiger partial charge in [0.15, 0.2) is 6.10 Å². The Bertz CT molecular complexity index is 1400. The number of oxime groups is 1. The number of carbonyl (C=O) groups excluding carboxylic acids is 1. The molecule has 0 radical (unpaired) electrons. The molecular weight excluding hydrogens is 521 g/mol. The van der Waals surface area contributed by atoms with Gasteiger partial charge in [0, 0.05) is 11.8 Å². The van der Waals surface area contributed by atoms with Crippen LogP contribution in [0, 0.1) is 17.7 Å². The lowest BCUT2D eigenvalue weighted by Crippen LogP contribution is -2.26. The maximum absolute atomic E-state index is 13.1. The van der Waals surface area contributed by atoms with Crippen LogP contribution in [0.2, 0.25) is 0 Å². The van der Waals surface area contributed by atoms with Gasteiger partial charge in [0.1, 0.15) is 24.1 Å². The van der Waals surface area contributed by atoms with E-state index in [1.54, 1.807) is 25.3 Å². The van der Waals surface area contributed by atoms with Crippen molar-refractivity contribution in [1.82, 2.24) is 10.2 Å². The van der Waals surface area contributed by atoms with Gasteiger partial charge in [0.05, 0.1) is 19.0 Å². The van der Waals surface area contributed by atoms with E-state index in [0.717, 1.165) is 28.7 Å². The number of aromatic amines is 1. The van der Waals surface area contributed by atoms with Crippen molar-refractivity contribution >= 4 is 11.7 Å². The molecule has 0 aliphatic rings. The fourth-order valence-corrected chi connectivity index (χ4v) is 4.51. The molecule has 2 unspecified atom stereocenters. The third-order valence-electron chi connectivity index (χ3n) is 6.71. The maximum Gasteiger partial charge on any atom is 0.314 e. The van der Waals surface area contributed by atoms with E-state index in [1.165, 1.54) is 24.8 Å². The first kappa shape index (κ1) is 29.5. The number of ether oxygens (including phenoxy) is 2. The van der Waals surface area contributed by atoms with Crippen LogP contribution in [-0.4, -0.2) is 29.0 Å². The summed E-state index contributed by atoms with van der Waals surface area (Å²) >= 11 is 0. The van der Waals surface area contributed by atoms with Gasteiger partial charge in [0.2, 0.25) is 0 Å². The minimum absolute atomic E-state index is 0.163. The van der Waals surface area contributed by atoms with E-state index in [-0.39, 0.29) is 18.5 Å². The van der Waals surface area contributed by atoms with Gasteiger partial charge in [-0.15, -0.1) is 0 Å². The summed E-state index contributed by atoms with van der Waals surface area (Å²) in [4.78, 5) is 18.0. The Kier molecular flexibility index (Phi) is 10.3. The van der Waals surface area contributed by atoms with Crippen LogP contribution < -0.4 is 4.74 Å². The topological polar surface area (TPSA) is 85.8 Å². The molecule has 4 rings (SSSR count). The normalized spacial score (nSPS) is 13.1. The van der Waals surface area contributed by atoms with Crippen molar-refractivity contribution in [2.75, 3.05) is 7.11 Å². The molecule has 4 aromatic rings. The number of hydrogen-bond acceptors (Lipinski definition) is 6. The van der Waals surface area contributed by atoms with E-state index in [9.17, 15) is 9.18 Å². The van der Waals surface area contributed by atoms with E-state index >= 15 is 0 Å². The molecule has 0 aliphatic carbocycles. The molecule has 2 atom stereocenters. The van der Waals surface area contributed by atoms with E-state index in [2.05, 4.69) is 53.5 Å². The molecule has 1 aromatic heterocycles. The largest absolute Gasteiger partial charge is 0.481 e. The molecule has 0 spiro atoms. The lowest BCUT2D eigenvalue weighted by atomic mass is 9.95. The van der Waals surface area contributed by atoms with Crippen molar-refractivity contribution in [3.05, 3.63) is 119 Å². The van der Waals surface area contributed by atoms with Crippen molar-refractivity contribution in [2.24, 2.45) is 17.0 Å². The molecule has 1 N–H and O–H groups in total. The third kappa shape index (κ3) is 8.51. The zero-order valence-electron chi connectivity index (χ0n) is 23.8. The molecule has 1 heterocycles. The summed E-state index contributed by atoms with van der Waals surface area (Å²) < 4.78 is 24.6. The Morgan fingerprint density at radius 2 is 1.54 bits per heavy atom. The number of H-pyrrole nitrogens is 1. The van der Waals surface area contributed by atoms with Crippen LogP contribution in [0.5, 0.6) is 5.75 Å². The van der Waals surface area contributed by atoms with Gasteiger partial charge >= 0.3 is 5.97 Å². The molecule has 8 heteroatoms. The molecule has 0 saturated heterocycles. The standard InChI is InChI=1S/C33H36FN3O4/c1-22(2)17-24-5-11-27(12-6-24)32(28-19-35-36-20-28)41-30-15-9-25(10-16-30)18-31(33(38)39-4)23(3)37-40-21-26-7-13-29(34)14-8-26/h5-16,19-20,22,31-32H,17-18,21H2,1-4H3,(H,35,36). The predicted octanol–water partition coefficient (Wildman–Crippen LogP) is 6.84. The summed E-state index contributed by atoms with van der Waals surface area (Å²) in [5, 5.41) is 11.1. The highest BCUT2D eigenvalue weighted by Crippen LogP contribution is 2.29. The van der Waals surface area contributed by atoms with E-state index in [0.29, 0.717) is 23.8 Å². The number of hydrogen-bond donors (Lipinski definition) is 1. The molecule has 0 aliphatic heterocycles. The Labute approximate surface area is 240 Å². The molecule has 41 heavy (non-hydrogen) atoms. The smallest absolute Gasteiger partial charge is 0.314 e. The number of halogens is 1. The molecule has 7 nitrogen and oxygen atoms in total. The average molecular weight is 558 g/mol. The van der Waals surface area contributed by atoms with E-state index in [1.807, 2.05) is 30.5 Å². The van der Waals surface area contributed by atoms with Gasteiger partial charge in [-0.2, -0.15) is 5.10 Å². The molecule has 0 bridgehead atoms. The van der Waals surface area contributed by atoms with Gasteiger partial charge < -0.3 is 14.3 Å². The lowest BCUT2D eigenvalue weighted by Gasteiger charge is -2.20. The summed E-state index contributed by atoms with van der Waals surface area (Å²) in [6.45, 7) is 6.31. The van der Waals surface area contributed by atoms with E-state index in [4.69, 9.17) is 14.3 Å². The average Bonchev–Trinajstić information content (AvgIpc) is 3.51. The minimum atomic E-state index is -0.622. The number of methoxy groups -OCH3 is 1. The summed E-state index contributed by atoms with van der Waals surface area (Å²) in [7, 11) is 1.35. The van der Waals surface area contributed by atoms with Gasteiger partial charge in [-0.3, -0.25) is 9.89 Å². The second kappa shape index (κ2) is 14.3. The van der Waals surface area contributed by atoms with Crippen LogP contribution in [0.15, 0.2) is 90.3 Å². The highest BCUT2D eigenvalue weighted by atomic mass is 19.1. The number of esters is 1. The Balaban J connectivity index is 1.44. The summed E-state index contributed by atoms with van der Waals surface area (Å²) in [5.41, 5.74) is 5.41. The fourth-order valence-electron chi connectivity index (χ4n) is 4.51. The van der Waals surface area contributed by atoms with Crippen molar-refractivity contribution in [3.8, 4) is 5.75 Å². The van der Waals surface area contributed by atoms with Crippen LogP contribution in [0.1, 0.15) is 54.7 Å². The Hall–Kier alpha value is -4.46. The first-order valence-corrected chi connectivity index (χ1v) is 13.6. The van der Waals surface area contributed by atoms with Gasteiger partial charge in [-0.05, 0) is 72.2 Å². The number of aromatic nitrogens is 2. The second-order valence-electron chi connectivity index (χ2n) is 10.4. The zero-order valence-corrected chi connectivity index (χ0v) is 23.8. The third-order valence-corrected chi connectivity index (χ3v) is 6.71. The molecular formula is C33H36FN3O4. The number of nitrogens with zero attached hydrogens (tertiary/aromatic N) is 2. The van der Waals surface area contributed by atoms with Crippen LogP contribution in [0.4, 0.5) is 4.39 Å². The number of benzene rings is 3. The van der Waals surface area contributed by atoms with E-state index < -0.39 is 11.9 Å². The first-order chi connectivity index (χ1) is 19.8. The molecule has 0 fully saturated rings. The van der Waals surface area contributed by atoms with Crippen molar-refractivity contribution in [2.45, 2.75) is 46.3 Å². The van der Waals surface area contributed by atoms with Gasteiger partial charge in [0.25, 0.3) is 0 Å². The molecule has 214 valence electrons. The summed E-state index contributed by atoms with van der Waals surface area (Å²) in [5.74, 6) is -0.0683. The maximum atomic E-state index is 13.1. The van der Waals surface area contributed by atoms with Crippen molar-refractivity contribution < 1.29 is 23.5 Å². The van der Waals surface area contributed by atoms with Gasteiger partial charge in [-0.25, -0.2) is 4.39 Å². The SMILES string of the molecule is COC(=O)C(Cc1ccc(OC(c2ccc(CC(C)C)cc2)c2cn[nH]c2)cc1)C(C)=NOCc1ccc(F)cc1. The highest BCUT2D eigenvalue weighted by molar-refractivity contribution is 6.00. The summed E-state index contributed by atoms with van der Waals surface area (Å²) in [6.07, 6.45) is 4.67.